The average molecular weight is 1730 g/mol. The van der Waals surface area contributed by atoms with Crippen LogP contribution in [0.5, 0.6) is 0 Å². The fraction of sp³-hybridized carbons (Fsp3) is 0.935. The Labute approximate surface area is 649 Å². The Balaban J connectivity index is -0.000000554. The van der Waals surface area contributed by atoms with Gasteiger partial charge in [0, 0.05) is 190 Å². The quantitative estimate of drug-likeness (QED) is 0.0572. The number of hydrogen-bond acceptors (Lipinski definition) is 28. The summed E-state index contributed by atoms with van der Waals surface area (Å²) < 4.78 is 139. The van der Waals surface area contributed by atoms with Crippen LogP contribution in [0.2, 0.25) is 0 Å². The van der Waals surface area contributed by atoms with E-state index in [2.05, 4.69) is 9.05 Å². The minimum Gasteiger partial charge on any atom is -0.758 e. The van der Waals surface area contributed by atoms with E-state index in [4.69, 9.17) is 90.4 Å². The minimum atomic E-state index is -4.89. The zero-order valence-electron chi connectivity index (χ0n) is 52.0. The SMILES string of the molecule is CC(C)COP(=O)([O-])OC1C[C@H](C)O[C@@H]1[C-]=O.CC(C)COP(=O)([O-])OC1C[C@H](C)O[C@@H]1[CH-]O.CC(C)OC[C@H]1O[C@@H](C)CC1OP(=O)([O-])O.[B][B][C@H]1CC(OP(=O)([O-])O[CH-][C@H]2O[C@@H]([B])CC2OP(=O)([O-])OCC(C)C)[C@@H](COC(C)C)O1.[Y].[Y].[Y].[Y].[Y]. The van der Waals surface area contributed by atoms with Crippen molar-refractivity contribution in [1.29, 1.82) is 0 Å². The van der Waals surface area contributed by atoms with Gasteiger partial charge in [0.05, 0.1) is 101 Å². The molecule has 0 saturated carbocycles. The molecule has 20 atom stereocenters. The summed E-state index contributed by atoms with van der Waals surface area (Å²) >= 11 is 0. The van der Waals surface area contributed by atoms with Gasteiger partial charge in [0.1, 0.15) is 20.1 Å². The smallest absolute Gasteiger partial charge is 0.268 e. The zero-order valence-corrected chi connectivity index (χ0v) is 70.7. The van der Waals surface area contributed by atoms with Gasteiger partial charge in [0.25, 0.3) is 31.3 Å². The topological polar surface area (TPSA) is 406 Å². The summed E-state index contributed by atoms with van der Waals surface area (Å²) in [5.74, 6) is 0.130. The molecule has 5 fully saturated rings. The molecule has 10 radical (unpaired) electrons. The molecule has 5 rings (SSSR count). The first-order valence-electron chi connectivity index (χ1n) is 27.1. The van der Waals surface area contributed by atoms with Crippen molar-refractivity contribution in [1.82, 2.24) is 0 Å². The van der Waals surface area contributed by atoms with Gasteiger partial charge >= 0.3 is 0 Å². The van der Waals surface area contributed by atoms with Crippen molar-refractivity contribution in [2.24, 2.45) is 17.8 Å². The third-order valence-electron chi connectivity index (χ3n) is 11.4. The van der Waals surface area contributed by atoms with Crippen molar-refractivity contribution in [3.8, 4) is 0 Å². The zero-order chi connectivity index (χ0) is 63.3. The van der Waals surface area contributed by atoms with Crippen molar-refractivity contribution < 1.29 is 300 Å². The van der Waals surface area contributed by atoms with E-state index < -0.39 is 112 Å². The first-order valence-corrected chi connectivity index (χ1v) is 34.4. The molecule has 0 amide bonds. The molecule has 0 aromatic rings. The Morgan fingerprint density at radius 2 is 0.932 bits per heavy atom. The molecule has 5 saturated heterocycles. The second-order valence-corrected chi connectivity index (χ2v) is 28.4. The molecule has 5 aliphatic heterocycles. The summed E-state index contributed by atoms with van der Waals surface area (Å²) in [7, 11) is -10.5. The molecular formula is C46H83B3O29P5Y5-8. The fourth-order valence-corrected chi connectivity index (χ4v) is 12.4. The van der Waals surface area contributed by atoms with Crippen molar-refractivity contribution >= 4 is 68.2 Å². The molecule has 0 aromatic heterocycles. The van der Waals surface area contributed by atoms with E-state index in [1.165, 1.54) is 7.17 Å². The van der Waals surface area contributed by atoms with Gasteiger partial charge < -0.3 is 113 Å². The van der Waals surface area contributed by atoms with Crippen LogP contribution in [0.25, 0.3) is 0 Å². The molecule has 0 aromatic carbocycles. The Kier molecular flexibility index (Phi) is 56.0. The molecule has 2 N–H and O–H groups in total. The summed E-state index contributed by atoms with van der Waals surface area (Å²) in [4.78, 5) is 77.2. The number of aliphatic hydroxyl groups is 1. The molecular weight excluding hydrogens is 1650 g/mol. The van der Waals surface area contributed by atoms with Gasteiger partial charge in [-0.15, -0.1) is 0 Å². The number of phosphoric ester groups is 5. The Morgan fingerprint density at radius 3 is 1.35 bits per heavy atom. The van der Waals surface area contributed by atoms with Crippen LogP contribution in [0, 0.1) is 31.0 Å². The molecule has 10 unspecified atom stereocenters. The first kappa shape index (κ1) is 100.0. The van der Waals surface area contributed by atoms with E-state index in [-0.39, 0.29) is 258 Å². The van der Waals surface area contributed by atoms with E-state index in [9.17, 15) is 52.1 Å². The third-order valence-corrected chi connectivity index (χ3v) is 15.8. The summed E-state index contributed by atoms with van der Waals surface area (Å²) in [6, 6.07) is -1.40. The molecule has 0 spiro atoms. The van der Waals surface area contributed by atoms with Crippen molar-refractivity contribution in [3.05, 3.63) is 13.2 Å². The number of aliphatic hydroxyl groups excluding tert-OH is 1. The van der Waals surface area contributed by atoms with Gasteiger partial charge in [-0.3, -0.25) is 22.8 Å². The van der Waals surface area contributed by atoms with E-state index in [1.54, 1.807) is 34.0 Å². The van der Waals surface area contributed by atoms with Crippen LogP contribution < -0.4 is 24.5 Å². The normalized spacial score (nSPS) is 31.6. The molecule has 498 valence electrons. The van der Waals surface area contributed by atoms with Gasteiger partial charge in [0.15, 0.2) is 0 Å². The molecule has 0 bridgehead atoms. The first-order chi connectivity index (χ1) is 38.2. The van der Waals surface area contributed by atoms with Crippen LogP contribution in [0.3, 0.4) is 0 Å². The van der Waals surface area contributed by atoms with Crippen molar-refractivity contribution in [2.45, 2.75) is 226 Å². The summed E-state index contributed by atoms with van der Waals surface area (Å²) in [5, 5.41) is 8.91. The Morgan fingerprint density at radius 1 is 0.545 bits per heavy atom. The number of hydrogen-bond donors (Lipinski definition) is 2. The molecule has 88 heavy (non-hydrogen) atoms. The summed E-state index contributed by atoms with van der Waals surface area (Å²) in [5.41, 5.74) is 0. The van der Waals surface area contributed by atoms with E-state index in [1.807, 2.05) is 62.3 Å². The molecule has 29 nitrogen and oxygen atoms in total. The largest absolute Gasteiger partial charge is 0.758 e. The van der Waals surface area contributed by atoms with E-state index in [0.717, 1.165) is 13.2 Å². The minimum absolute atomic E-state index is 0. The second-order valence-electron chi connectivity index (χ2n) is 21.8. The van der Waals surface area contributed by atoms with Gasteiger partial charge in [-0.1, -0.05) is 41.5 Å². The summed E-state index contributed by atoms with van der Waals surface area (Å²) in [6.45, 7) is 25.6. The monoisotopic (exact) mass is 1730 g/mol. The van der Waals surface area contributed by atoms with Crippen molar-refractivity contribution in [3.63, 3.8) is 0 Å². The number of carbonyl (C=O) groups excluding carboxylic acids is 1. The third kappa shape index (κ3) is 44.1. The maximum absolute atomic E-state index is 12.4. The molecule has 0 aliphatic carbocycles. The second kappa shape index (κ2) is 49.3. The van der Waals surface area contributed by atoms with Gasteiger partial charge in [0.2, 0.25) is 7.82 Å². The number of ether oxygens (including phenoxy) is 7. The van der Waals surface area contributed by atoms with E-state index in [0.29, 0.717) is 19.3 Å². The maximum atomic E-state index is 12.4. The summed E-state index contributed by atoms with van der Waals surface area (Å²) in [6.07, 6.45) is -5.86. The Bertz CT molecular complexity index is 2130. The van der Waals surface area contributed by atoms with Gasteiger partial charge in [-0.25, -0.2) is 6.29 Å². The van der Waals surface area contributed by atoms with Crippen LogP contribution >= 0.6 is 39.1 Å². The van der Waals surface area contributed by atoms with Crippen molar-refractivity contribution in [2.75, 3.05) is 33.0 Å². The van der Waals surface area contributed by atoms with Crippen LogP contribution in [0.1, 0.15) is 122 Å². The number of phosphoric acid groups is 5. The van der Waals surface area contributed by atoms with Gasteiger partial charge in [-0.05, 0) is 110 Å². The average Bonchev–Trinajstić information content (AvgIpc) is 4.22. The van der Waals surface area contributed by atoms with Crippen LogP contribution in [0.4, 0.5) is 0 Å². The molecule has 5 aliphatic rings. The standard InChI is InChI=1S/C17H31B3O11P2.C10H20O6P.C10H18O6P.C9H19O6P.5Y/c1-10(2)7-26-32(21,22)30-12-5-16(18)28-15(12)9-27-33(23,24)31-13-6-17(20-19)29-14(13)8-25-11(3)4;2*1-7(2)6-14-17(12,13)16-9-4-8(3)15-10(9)5-11;1-6(2)13-5-9-8(4-7(3)14-9)15-16(10,11)12;;;;;/h9-17H,5-8H2,1-4H3,(H,21,22)(H,23,24);5,7-11H,4,6H2,1-3H3,(H,12,13);7-10H,4,6H2,1-3H3,(H,12,13);6-9H,4-5H2,1-3H3,(H2,10,11,12);;;;;/q3*-1;;;;;;/p-5/t12?,13?,14-,15-,16-,17-;2*8-,9?,10+;7-,8?,9+;;;;;/m1000...../s1. The predicted octanol–water partition coefficient (Wildman–Crippen LogP) is 2.60. The maximum Gasteiger partial charge on any atom is 0.268 e. The van der Waals surface area contributed by atoms with Crippen LogP contribution in [0.15, 0.2) is 0 Å². The van der Waals surface area contributed by atoms with Crippen LogP contribution in [-0.2, 0) is 265 Å². The predicted molar refractivity (Wildman–Crippen MR) is 287 cm³/mol. The molecule has 5 heterocycles. The van der Waals surface area contributed by atoms with Gasteiger partial charge in [-0.2, -0.15) is 13.2 Å². The Hall–Kier alpha value is 5.61. The molecule has 42 heteroatoms. The number of rotatable bonds is 31. The van der Waals surface area contributed by atoms with E-state index >= 15 is 0 Å². The fourth-order valence-electron chi connectivity index (χ4n) is 7.77. The van der Waals surface area contributed by atoms with Crippen LogP contribution in [-0.4, -0.2) is 176 Å².